The predicted molar refractivity (Wildman–Crippen MR) is 60.1 cm³/mol. The van der Waals surface area contributed by atoms with Crippen molar-refractivity contribution in [3.63, 3.8) is 0 Å². The van der Waals surface area contributed by atoms with E-state index >= 15 is 0 Å². The van der Waals surface area contributed by atoms with Crippen molar-refractivity contribution in [3.05, 3.63) is 36.4 Å². The molecule has 0 aliphatic heterocycles. The Morgan fingerprint density at radius 3 is 2.79 bits per heavy atom. The summed E-state index contributed by atoms with van der Waals surface area (Å²) in [6, 6.07) is 4.61. The standard InChI is InChI=1S/C8H4ClIN2O2/c9-8-5(1-2-11)3-6(12(13)14)4-7(8)10/h3-4H,1H2. The smallest absolute Gasteiger partial charge is 0.258 e. The summed E-state index contributed by atoms with van der Waals surface area (Å²) in [7, 11) is 0. The van der Waals surface area contributed by atoms with E-state index < -0.39 is 4.92 Å². The second-order valence-electron chi connectivity index (χ2n) is 2.49. The van der Waals surface area contributed by atoms with Gasteiger partial charge in [-0.1, -0.05) is 11.6 Å². The molecule has 0 aromatic heterocycles. The van der Waals surface area contributed by atoms with Crippen LogP contribution < -0.4 is 0 Å². The van der Waals surface area contributed by atoms with Crippen LogP contribution in [0, 0.1) is 25.0 Å². The van der Waals surface area contributed by atoms with Crippen molar-refractivity contribution in [1.82, 2.24) is 0 Å². The third kappa shape index (κ3) is 2.33. The van der Waals surface area contributed by atoms with E-state index in [4.69, 9.17) is 16.9 Å². The molecular weight excluding hydrogens is 318 g/mol. The van der Waals surface area contributed by atoms with Crippen LogP contribution in [0.2, 0.25) is 5.02 Å². The summed E-state index contributed by atoms with van der Waals surface area (Å²) in [5.74, 6) is 0. The van der Waals surface area contributed by atoms with Crippen molar-refractivity contribution in [2.45, 2.75) is 6.42 Å². The average Bonchev–Trinajstić information content (AvgIpc) is 2.12. The fourth-order valence-corrected chi connectivity index (χ4v) is 1.79. The van der Waals surface area contributed by atoms with Gasteiger partial charge in [-0.15, -0.1) is 0 Å². The summed E-state index contributed by atoms with van der Waals surface area (Å²) in [6.07, 6.45) is 0.0799. The van der Waals surface area contributed by atoms with Gasteiger partial charge >= 0.3 is 0 Å². The second kappa shape index (κ2) is 4.57. The largest absolute Gasteiger partial charge is 0.270 e. The molecule has 0 saturated carbocycles. The minimum Gasteiger partial charge on any atom is -0.258 e. The fourth-order valence-electron chi connectivity index (χ4n) is 0.949. The maximum atomic E-state index is 10.5. The van der Waals surface area contributed by atoms with Crippen LogP contribution in [0.3, 0.4) is 0 Å². The van der Waals surface area contributed by atoms with E-state index in [1.165, 1.54) is 12.1 Å². The summed E-state index contributed by atoms with van der Waals surface area (Å²) >= 11 is 7.77. The quantitative estimate of drug-likeness (QED) is 0.477. The number of benzene rings is 1. The minimum absolute atomic E-state index is 0.0379. The third-order valence-corrected chi connectivity index (χ3v) is 3.18. The molecule has 72 valence electrons. The van der Waals surface area contributed by atoms with E-state index in [9.17, 15) is 10.1 Å². The number of rotatable bonds is 2. The first-order valence-corrected chi connectivity index (χ1v) is 5.01. The van der Waals surface area contributed by atoms with Gasteiger partial charge in [0, 0.05) is 15.7 Å². The van der Waals surface area contributed by atoms with Gasteiger partial charge in [-0.25, -0.2) is 0 Å². The van der Waals surface area contributed by atoms with E-state index in [0.29, 0.717) is 14.2 Å². The second-order valence-corrected chi connectivity index (χ2v) is 4.03. The van der Waals surface area contributed by atoms with Crippen LogP contribution in [-0.4, -0.2) is 4.92 Å². The van der Waals surface area contributed by atoms with Gasteiger partial charge in [0.2, 0.25) is 0 Å². The summed E-state index contributed by atoms with van der Waals surface area (Å²) in [5.41, 5.74) is 0.455. The lowest BCUT2D eigenvalue weighted by atomic mass is 10.1. The number of hydrogen-bond acceptors (Lipinski definition) is 3. The Morgan fingerprint density at radius 2 is 2.29 bits per heavy atom. The molecule has 1 rings (SSSR count). The van der Waals surface area contributed by atoms with Crippen molar-refractivity contribution in [3.8, 4) is 6.07 Å². The van der Waals surface area contributed by atoms with Crippen LogP contribution in [0.1, 0.15) is 5.56 Å². The highest BCUT2D eigenvalue weighted by Crippen LogP contribution is 2.28. The van der Waals surface area contributed by atoms with Crippen LogP contribution in [-0.2, 0) is 6.42 Å². The molecule has 1 aromatic carbocycles. The molecule has 6 heteroatoms. The summed E-state index contributed by atoms with van der Waals surface area (Å²) in [6.45, 7) is 0. The van der Waals surface area contributed by atoms with E-state index in [1.54, 1.807) is 0 Å². The van der Waals surface area contributed by atoms with Gasteiger partial charge in [0.25, 0.3) is 5.69 Å². The molecule has 0 unspecified atom stereocenters. The SMILES string of the molecule is N#CCc1cc([N+](=O)[O-])cc(I)c1Cl. The lowest BCUT2D eigenvalue weighted by Crippen LogP contribution is -1.93. The van der Waals surface area contributed by atoms with Crippen LogP contribution in [0.25, 0.3) is 0 Å². The first-order valence-electron chi connectivity index (χ1n) is 3.55. The Kier molecular flexibility index (Phi) is 3.66. The van der Waals surface area contributed by atoms with Gasteiger partial charge < -0.3 is 0 Å². The average molecular weight is 322 g/mol. The van der Waals surface area contributed by atoms with Crippen molar-refractivity contribution in [2.75, 3.05) is 0 Å². The first-order chi connectivity index (χ1) is 6.56. The first kappa shape index (κ1) is 11.2. The topological polar surface area (TPSA) is 66.9 Å². The molecule has 0 bridgehead atoms. The van der Waals surface area contributed by atoms with Crippen molar-refractivity contribution in [2.24, 2.45) is 0 Å². The lowest BCUT2D eigenvalue weighted by molar-refractivity contribution is -0.385. The zero-order chi connectivity index (χ0) is 10.7. The minimum atomic E-state index is -0.501. The molecule has 0 heterocycles. The van der Waals surface area contributed by atoms with Gasteiger partial charge in [0.15, 0.2) is 0 Å². The molecule has 0 N–H and O–H groups in total. The number of halogens is 2. The zero-order valence-electron chi connectivity index (χ0n) is 6.83. The Balaban J connectivity index is 3.29. The number of nitro benzene ring substituents is 1. The van der Waals surface area contributed by atoms with E-state index in [0.717, 1.165) is 0 Å². The maximum absolute atomic E-state index is 10.5. The molecule has 1 aromatic rings. The van der Waals surface area contributed by atoms with E-state index in [1.807, 2.05) is 28.7 Å². The molecule has 14 heavy (non-hydrogen) atoms. The van der Waals surface area contributed by atoms with Gasteiger partial charge in [-0.2, -0.15) is 5.26 Å². The highest BCUT2D eigenvalue weighted by atomic mass is 127. The molecule has 0 fully saturated rings. The number of nitriles is 1. The van der Waals surface area contributed by atoms with Gasteiger partial charge in [0.05, 0.1) is 22.4 Å². The number of nitro groups is 1. The number of hydrogen-bond donors (Lipinski definition) is 0. The maximum Gasteiger partial charge on any atom is 0.270 e. The third-order valence-electron chi connectivity index (χ3n) is 1.57. The van der Waals surface area contributed by atoms with Crippen LogP contribution in [0.5, 0.6) is 0 Å². The molecule has 0 aliphatic carbocycles. The Bertz CT molecular complexity index is 428. The van der Waals surface area contributed by atoms with Crippen molar-refractivity contribution >= 4 is 39.9 Å². The van der Waals surface area contributed by atoms with Gasteiger partial charge in [-0.05, 0) is 28.2 Å². The monoisotopic (exact) mass is 322 g/mol. The van der Waals surface area contributed by atoms with E-state index in [2.05, 4.69) is 0 Å². The molecular formula is C8H4ClIN2O2. The van der Waals surface area contributed by atoms with Crippen molar-refractivity contribution < 1.29 is 4.92 Å². The normalized spacial score (nSPS) is 9.50. The molecule has 0 saturated heterocycles. The van der Waals surface area contributed by atoms with Crippen LogP contribution in [0.15, 0.2) is 12.1 Å². The van der Waals surface area contributed by atoms with Gasteiger partial charge in [0.1, 0.15) is 0 Å². The zero-order valence-corrected chi connectivity index (χ0v) is 9.74. The summed E-state index contributed by atoms with van der Waals surface area (Å²) < 4.78 is 0.587. The summed E-state index contributed by atoms with van der Waals surface area (Å²) in [5, 5.41) is 19.4. The summed E-state index contributed by atoms with van der Waals surface area (Å²) in [4.78, 5) is 10.00. The molecule has 0 radical (unpaired) electrons. The molecule has 4 nitrogen and oxygen atoms in total. The lowest BCUT2D eigenvalue weighted by Gasteiger charge is -2.01. The predicted octanol–water partition coefficient (Wildman–Crippen LogP) is 2.92. The highest BCUT2D eigenvalue weighted by molar-refractivity contribution is 14.1. The molecule has 0 aliphatic rings. The fraction of sp³-hybridized carbons (Fsp3) is 0.125. The Morgan fingerprint density at radius 1 is 1.64 bits per heavy atom. The molecule has 0 amide bonds. The van der Waals surface area contributed by atoms with Gasteiger partial charge in [-0.3, -0.25) is 10.1 Å². The highest BCUT2D eigenvalue weighted by Gasteiger charge is 2.13. The van der Waals surface area contributed by atoms with Crippen molar-refractivity contribution in [1.29, 1.82) is 5.26 Å². The van der Waals surface area contributed by atoms with E-state index in [-0.39, 0.29) is 12.1 Å². The number of nitrogens with zero attached hydrogens (tertiary/aromatic N) is 2. The number of non-ortho nitro benzene ring substituents is 1. The molecule has 0 spiro atoms. The van der Waals surface area contributed by atoms with Crippen LogP contribution in [0.4, 0.5) is 5.69 Å². The Labute approximate surface area is 98.8 Å². The Hall–Kier alpha value is -0.870. The molecule has 0 atom stereocenters. The van der Waals surface area contributed by atoms with Crippen LogP contribution >= 0.6 is 34.2 Å².